The number of hydrogen-bond acceptors (Lipinski definition) is 2. The molecule has 0 saturated carbocycles. The highest BCUT2D eigenvalue weighted by Gasteiger charge is 2.01. The van der Waals surface area contributed by atoms with E-state index in [2.05, 4.69) is 33.1 Å². The standard InChI is InChI=1S/C10H17BrN2O2/c1-8(11)10(15)13-7-5-3-4-6-9(14)12-2/h1,3-7H2,2H3,(H,12,14)(H,13,15). The van der Waals surface area contributed by atoms with E-state index in [4.69, 9.17) is 0 Å². The molecule has 4 nitrogen and oxygen atoms in total. The number of halogens is 1. The van der Waals surface area contributed by atoms with Gasteiger partial charge in [0.1, 0.15) is 0 Å². The Morgan fingerprint density at radius 1 is 1.27 bits per heavy atom. The van der Waals surface area contributed by atoms with E-state index in [1.165, 1.54) is 0 Å². The summed E-state index contributed by atoms with van der Waals surface area (Å²) in [4.78, 5) is 21.9. The van der Waals surface area contributed by atoms with E-state index in [-0.39, 0.29) is 11.8 Å². The normalized spacial score (nSPS) is 9.47. The summed E-state index contributed by atoms with van der Waals surface area (Å²) >= 11 is 2.99. The number of rotatable bonds is 7. The SMILES string of the molecule is C=C(Br)C(=O)NCCCCCC(=O)NC. The Hall–Kier alpha value is -0.840. The van der Waals surface area contributed by atoms with Gasteiger partial charge >= 0.3 is 0 Å². The van der Waals surface area contributed by atoms with Gasteiger partial charge in [0.2, 0.25) is 5.91 Å². The van der Waals surface area contributed by atoms with Gasteiger partial charge in [-0.1, -0.05) is 13.0 Å². The number of nitrogens with one attached hydrogen (secondary N) is 2. The lowest BCUT2D eigenvalue weighted by Gasteiger charge is -2.03. The summed E-state index contributed by atoms with van der Waals surface area (Å²) in [5, 5.41) is 5.26. The van der Waals surface area contributed by atoms with Crippen molar-refractivity contribution in [3.63, 3.8) is 0 Å². The van der Waals surface area contributed by atoms with Crippen LogP contribution in [0.4, 0.5) is 0 Å². The number of carbonyl (C=O) groups is 2. The molecule has 0 aromatic heterocycles. The minimum Gasteiger partial charge on any atom is -0.359 e. The minimum absolute atomic E-state index is 0.0628. The molecule has 0 saturated heterocycles. The van der Waals surface area contributed by atoms with Gasteiger partial charge in [-0.05, 0) is 28.8 Å². The van der Waals surface area contributed by atoms with Crippen LogP contribution in [0.15, 0.2) is 11.1 Å². The van der Waals surface area contributed by atoms with E-state index in [1.807, 2.05) is 0 Å². The molecule has 0 heterocycles. The highest BCUT2D eigenvalue weighted by atomic mass is 79.9. The van der Waals surface area contributed by atoms with Crippen molar-refractivity contribution in [2.75, 3.05) is 13.6 Å². The zero-order valence-electron chi connectivity index (χ0n) is 8.94. The Labute approximate surface area is 98.6 Å². The first kappa shape index (κ1) is 14.2. The topological polar surface area (TPSA) is 58.2 Å². The molecule has 0 aliphatic heterocycles. The van der Waals surface area contributed by atoms with Crippen molar-refractivity contribution in [3.8, 4) is 0 Å². The number of hydrogen-bond donors (Lipinski definition) is 2. The molecule has 15 heavy (non-hydrogen) atoms. The van der Waals surface area contributed by atoms with Crippen LogP contribution in [0.2, 0.25) is 0 Å². The molecule has 0 bridgehead atoms. The third-order valence-corrected chi connectivity index (χ3v) is 2.25. The average Bonchev–Trinajstić information content (AvgIpc) is 2.22. The van der Waals surface area contributed by atoms with Crippen LogP contribution in [-0.2, 0) is 9.59 Å². The first-order valence-electron chi connectivity index (χ1n) is 4.91. The highest BCUT2D eigenvalue weighted by Crippen LogP contribution is 2.01. The molecule has 0 atom stereocenters. The molecule has 0 unspecified atom stereocenters. The van der Waals surface area contributed by atoms with Gasteiger partial charge in [0, 0.05) is 20.0 Å². The Morgan fingerprint density at radius 3 is 2.47 bits per heavy atom. The maximum absolute atomic E-state index is 11.0. The van der Waals surface area contributed by atoms with Gasteiger partial charge in [-0.15, -0.1) is 0 Å². The van der Waals surface area contributed by atoms with Crippen molar-refractivity contribution in [3.05, 3.63) is 11.1 Å². The number of amides is 2. The van der Waals surface area contributed by atoms with Crippen LogP contribution < -0.4 is 10.6 Å². The van der Waals surface area contributed by atoms with Crippen LogP contribution in [0, 0.1) is 0 Å². The average molecular weight is 277 g/mol. The first-order valence-corrected chi connectivity index (χ1v) is 5.70. The second-order valence-corrected chi connectivity index (χ2v) is 4.10. The fraction of sp³-hybridized carbons (Fsp3) is 0.600. The number of unbranched alkanes of at least 4 members (excludes halogenated alkanes) is 2. The monoisotopic (exact) mass is 276 g/mol. The quantitative estimate of drug-likeness (QED) is 0.544. The van der Waals surface area contributed by atoms with E-state index in [0.29, 0.717) is 17.4 Å². The van der Waals surface area contributed by atoms with Crippen LogP contribution in [0.5, 0.6) is 0 Å². The summed E-state index contributed by atoms with van der Waals surface area (Å²) in [6.45, 7) is 4.08. The summed E-state index contributed by atoms with van der Waals surface area (Å²) in [5.41, 5.74) is 0. The Kier molecular flexibility index (Phi) is 7.99. The third kappa shape index (κ3) is 8.17. The van der Waals surface area contributed by atoms with Crippen molar-refractivity contribution < 1.29 is 9.59 Å². The fourth-order valence-electron chi connectivity index (χ4n) is 1.01. The van der Waals surface area contributed by atoms with Crippen LogP contribution in [0.1, 0.15) is 25.7 Å². The van der Waals surface area contributed by atoms with Crippen molar-refractivity contribution in [1.29, 1.82) is 0 Å². The van der Waals surface area contributed by atoms with Gasteiger partial charge in [0.25, 0.3) is 5.91 Å². The predicted molar refractivity (Wildman–Crippen MR) is 63.6 cm³/mol. The molecule has 0 aromatic rings. The molecule has 0 fully saturated rings. The van der Waals surface area contributed by atoms with Crippen molar-refractivity contribution in [2.24, 2.45) is 0 Å². The van der Waals surface area contributed by atoms with E-state index in [0.717, 1.165) is 19.3 Å². The number of carbonyl (C=O) groups excluding carboxylic acids is 2. The molecule has 5 heteroatoms. The summed E-state index contributed by atoms with van der Waals surface area (Å²) in [6.07, 6.45) is 3.21. The Morgan fingerprint density at radius 2 is 1.93 bits per heavy atom. The Bertz CT molecular complexity index is 242. The van der Waals surface area contributed by atoms with Crippen molar-refractivity contribution in [1.82, 2.24) is 10.6 Å². The molecule has 0 spiro atoms. The lowest BCUT2D eigenvalue weighted by atomic mass is 10.2. The molecule has 0 aliphatic rings. The van der Waals surface area contributed by atoms with E-state index >= 15 is 0 Å². The molecule has 0 aromatic carbocycles. The molecular weight excluding hydrogens is 260 g/mol. The maximum atomic E-state index is 11.0. The molecule has 2 amide bonds. The van der Waals surface area contributed by atoms with Gasteiger partial charge in [0.05, 0.1) is 4.48 Å². The van der Waals surface area contributed by atoms with Gasteiger partial charge in [-0.25, -0.2) is 0 Å². The smallest absolute Gasteiger partial charge is 0.257 e. The maximum Gasteiger partial charge on any atom is 0.257 e. The van der Waals surface area contributed by atoms with Crippen LogP contribution >= 0.6 is 15.9 Å². The van der Waals surface area contributed by atoms with Crippen LogP contribution in [-0.4, -0.2) is 25.4 Å². The molecular formula is C10H17BrN2O2. The van der Waals surface area contributed by atoms with E-state index in [9.17, 15) is 9.59 Å². The molecule has 0 rings (SSSR count). The summed E-state index contributed by atoms with van der Waals surface area (Å²) in [5.74, 6) is -0.117. The lowest BCUT2D eigenvalue weighted by Crippen LogP contribution is -2.24. The summed E-state index contributed by atoms with van der Waals surface area (Å²) in [7, 11) is 1.63. The summed E-state index contributed by atoms with van der Waals surface area (Å²) < 4.78 is 0.341. The van der Waals surface area contributed by atoms with Gasteiger partial charge in [-0.2, -0.15) is 0 Å². The van der Waals surface area contributed by atoms with Crippen molar-refractivity contribution >= 4 is 27.7 Å². The zero-order valence-corrected chi connectivity index (χ0v) is 10.5. The second kappa shape index (κ2) is 8.47. The third-order valence-electron chi connectivity index (χ3n) is 1.89. The Balaban J connectivity index is 3.29. The minimum atomic E-state index is -0.179. The molecule has 2 N–H and O–H groups in total. The van der Waals surface area contributed by atoms with Gasteiger partial charge in [-0.3, -0.25) is 9.59 Å². The first-order chi connectivity index (χ1) is 7.07. The summed E-state index contributed by atoms with van der Waals surface area (Å²) in [6, 6.07) is 0. The molecule has 86 valence electrons. The fourth-order valence-corrected chi connectivity index (χ4v) is 1.15. The van der Waals surface area contributed by atoms with Gasteiger partial charge in [0.15, 0.2) is 0 Å². The zero-order chi connectivity index (χ0) is 11.7. The highest BCUT2D eigenvalue weighted by molar-refractivity contribution is 9.12. The van der Waals surface area contributed by atoms with Crippen LogP contribution in [0.3, 0.4) is 0 Å². The second-order valence-electron chi connectivity index (χ2n) is 3.14. The van der Waals surface area contributed by atoms with E-state index in [1.54, 1.807) is 7.05 Å². The van der Waals surface area contributed by atoms with Crippen LogP contribution in [0.25, 0.3) is 0 Å². The van der Waals surface area contributed by atoms with Gasteiger partial charge < -0.3 is 10.6 Å². The predicted octanol–water partition coefficient (Wildman–Crippen LogP) is 1.32. The largest absolute Gasteiger partial charge is 0.359 e. The van der Waals surface area contributed by atoms with E-state index < -0.39 is 0 Å². The molecule has 0 radical (unpaired) electrons. The lowest BCUT2D eigenvalue weighted by molar-refractivity contribution is -0.120. The molecule has 0 aliphatic carbocycles. The van der Waals surface area contributed by atoms with Crippen molar-refractivity contribution in [2.45, 2.75) is 25.7 Å².